The minimum atomic E-state index is 0.879. The molecule has 0 bridgehead atoms. The quantitative estimate of drug-likeness (QED) is 0.542. The third kappa shape index (κ3) is 3.87. The maximum atomic E-state index is 2.42. The summed E-state index contributed by atoms with van der Waals surface area (Å²) < 4.78 is 0. The largest absolute Gasteiger partial charge is 0.0914 e. The molecule has 0 N–H and O–H groups in total. The maximum Gasteiger partial charge on any atom is -0.0210 e. The first-order valence-electron chi connectivity index (χ1n) is 8.14. The zero-order valence-corrected chi connectivity index (χ0v) is 12.4. The summed E-state index contributed by atoms with van der Waals surface area (Å²) in [6.45, 7) is 4.47. The molecule has 0 saturated heterocycles. The molecule has 18 heavy (non-hydrogen) atoms. The summed E-state index contributed by atoms with van der Waals surface area (Å²) in [7, 11) is 0. The van der Waals surface area contributed by atoms with E-state index in [4.69, 9.17) is 0 Å². The Morgan fingerprint density at radius 1 is 1.00 bits per heavy atom. The first-order chi connectivity index (χ1) is 8.83. The van der Waals surface area contributed by atoms with Crippen LogP contribution in [0.4, 0.5) is 0 Å². The van der Waals surface area contributed by atoms with Crippen LogP contribution < -0.4 is 0 Å². The second kappa shape index (κ2) is 7.36. The van der Waals surface area contributed by atoms with Crippen LogP contribution in [0.5, 0.6) is 0 Å². The van der Waals surface area contributed by atoms with E-state index in [1.165, 1.54) is 64.2 Å². The fourth-order valence-corrected chi connectivity index (χ4v) is 3.92. The highest BCUT2D eigenvalue weighted by Gasteiger charge is 2.30. The van der Waals surface area contributed by atoms with Crippen molar-refractivity contribution < 1.29 is 0 Å². The Morgan fingerprint density at radius 3 is 2.22 bits per heavy atom. The van der Waals surface area contributed by atoms with E-state index >= 15 is 0 Å². The lowest BCUT2D eigenvalue weighted by Crippen LogP contribution is -2.23. The van der Waals surface area contributed by atoms with Crippen LogP contribution in [-0.2, 0) is 0 Å². The van der Waals surface area contributed by atoms with Crippen LogP contribution in [0.1, 0.15) is 78.1 Å². The molecule has 0 nitrogen and oxygen atoms in total. The Balaban J connectivity index is 1.71. The minimum absolute atomic E-state index is 0.879. The van der Waals surface area contributed by atoms with Crippen molar-refractivity contribution >= 4 is 0 Å². The van der Waals surface area contributed by atoms with Crippen molar-refractivity contribution in [2.75, 3.05) is 0 Å². The molecule has 2 aliphatic rings. The first-order valence-corrected chi connectivity index (χ1v) is 8.14. The maximum absolute atomic E-state index is 2.42. The van der Waals surface area contributed by atoms with Crippen LogP contribution in [0.25, 0.3) is 0 Å². The van der Waals surface area contributed by atoms with Crippen molar-refractivity contribution in [2.24, 2.45) is 11.8 Å². The highest BCUT2D eigenvalue weighted by Crippen LogP contribution is 2.44. The van der Waals surface area contributed by atoms with Gasteiger partial charge < -0.3 is 0 Å². The van der Waals surface area contributed by atoms with Crippen LogP contribution in [0, 0.1) is 23.7 Å². The molecule has 0 aromatic carbocycles. The van der Waals surface area contributed by atoms with Crippen LogP contribution in [0.15, 0.2) is 12.2 Å². The molecule has 0 amide bonds. The molecule has 0 spiro atoms. The van der Waals surface area contributed by atoms with Gasteiger partial charge in [-0.3, -0.25) is 0 Å². The molecular weight excluding hydrogens is 216 g/mol. The molecule has 2 radical (unpaired) electrons. The Hall–Kier alpha value is -0.260. The highest BCUT2D eigenvalue weighted by atomic mass is 14.3. The third-order valence-corrected chi connectivity index (χ3v) is 5.01. The Kier molecular flexibility index (Phi) is 5.79. The molecule has 2 saturated carbocycles. The van der Waals surface area contributed by atoms with E-state index in [-0.39, 0.29) is 0 Å². The minimum Gasteiger partial charge on any atom is -0.0914 e. The molecule has 2 aliphatic carbocycles. The Morgan fingerprint density at radius 2 is 1.67 bits per heavy atom. The van der Waals surface area contributed by atoms with Crippen LogP contribution in [0.2, 0.25) is 0 Å². The van der Waals surface area contributed by atoms with Gasteiger partial charge in [0.1, 0.15) is 0 Å². The molecule has 2 rings (SSSR count). The first kappa shape index (κ1) is 14.2. The van der Waals surface area contributed by atoms with Crippen LogP contribution in [-0.4, -0.2) is 0 Å². The van der Waals surface area contributed by atoms with E-state index in [0.29, 0.717) is 0 Å². The molecule has 0 heteroatoms. The lowest BCUT2D eigenvalue weighted by molar-refractivity contribution is 0.310. The van der Waals surface area contributed by atoms with E-state index in [9.17, 15) is 0 Å². The van der Waals surface area contributed by atoms with Crippen molar-refractivity contribution in [2.45, 2.75) is 78.1 Å². The summed E-state index contributed by atoms with van der Waals surface area (Å²) >= 11 is 0. The fraction of sp³-hybridized carbons (Fsp3) is 0.778. The predicted octanol–water partition coefficient (Wildman–Crippen LogP) is 5.89. The number of hydrogen-bond donors (Lipinski definition) is 0. The predicted molar refractivity (Wildman–Crippen MR) is 80.1 cm³/mol. The molecule has 0 aromatic rings. The van der Waals surface area contributed by atoms with Crippen molar-refractivity contribution in [3.8, 4) is 0 Å². The van der Waals surface area contributed by atoms with E-state index in [1.807, 2.05) is 11.8 Å². The zero-order chi connectivity index (χ0) is 12.8. The number of rotatable bonds is 4. The molecular formula is C18H30. The monoisotopic (exact) mass is 246 g/mol. The second-order valence-corrected chi connectivity index (χ2v) is 6.30. The second-order valence-electron chi connectivity index (χ2n) is 6.30. The lowest BCUT2D eigenvalue weighted by atomic mass is 9.69. The zero-order valence-electron chi connectivity index (χ0n) is 12.4. The van der Waals surface area contributed by atoms with E-state index in [1.54, 1.807) is 0 Å². The molecule has 0 aliphatic heterocycles. The number of hydrogen-bond acceptors (Lipinski definition) is 0. The fourth-order valence-electron chi connectivity index (χ4n) is 3.92. The summed E-state index contributed by atoms with van der Waals surface area (Å²) in [6, 6.07) is 0. The third-order valence-electron chi connectivity index (χ3n) is 5.01. The van der Waals surface area contributed by atoms with E-state index < -0.39 is 0 Å². The van der Waals surface area contributed by atoms with E-state index in [2.05, 4.69) is 26.0 Å². The Labute approximate surface area is 114 Å². The van der Waals surface area contributed by atoms with Gasteiger partial charge in [0.05, 0.1) is 0 Å². The van der Waals surface area contributed by atoms with Crippen molar-refractivity contribution in [1.82, 2.24) is 0 Å². The Bertz CT molecular complexity index is 237. The van der Waals surface area contributed by atoms with Gasteiger partial charge in [-0.15, -0.1) is 0 Å². The van der Waals surface area contributed by atoms with Gasteiger partial charge in [0.15, 0.2) is 0 Å². The topological polar surface area (TPSA) is 0 Å². The molecule has 102 valence electrons. The van der Waals surface area contributed by atoms with Gasteiger partial charge in [-0.1, -0.05) is 25.5 Å². The standard InChI is InChI=1S/C18H30/c1-3-5-15-7-11-17(12-8-15)18-13-9-16(6-4-2)10-14-18/h3,5,15,18H,4,6-14H2,1-2H3/b5-3+. The highest BCUT2D eigenvalue weighted by molar-refractivity contribution is 5.07. The molecule has 0 heterocycles. The van der Waals surface area contributed by atoms with Gasteiger partial charge in [-0.25, -0.2) is 0 Å². The van der Waals surface area contributed by atoms with E-state index in [0.717, 1.165) is 11.8 Å². The van der Waals surface area contributed by atoms with Crippen molar-refractivity contribution in [3.05, 3.63) is 24.0 Å². The van der Waals surface area contributed by atoms with Crippen LogP contribution >= 0.6 is 0 Å². The summed E-state index contributed by atoms with van der Waals surface area (Å²) in [5.74, 6) is 5.64. The molecule has 0 atom stereocenters. The normalized spacial score (nSPS) is 26.1. The van der Waals surface area contributed by atoms with Gasteiger partial charge in [0.25, 0.3) is 0 Å². The molecule has 0 aromatic heterocycles. The summed E-state index contributed by atoms with van der Waals surface area (Å²) in [5, 5.41) is 0. The van der Waals surface area contributed by atoms with Gasteiger partial charge >= 0.3 is 0 Å². The van der Waals surface area contributed by atoms with Crippen molar-refractivity contribution in [1.29, 1.82) is 0 Å². The average molecular weight is 246 g/mol. The SMILES string of the molecule is C/C=C/C1CC[C](C2CC[C](CCC)CC2)CC1. The van der Waals surface area contributed by atoms with Crippen molar-refractivity contribution in [3.63, 3.8) is 0 Å². The van der Waals surface area contributed by atoms with Gasteiger partial charge in [-0.2, -0.15) is 0 Å². The molecule has 0 unspecified atom stereocenters. The van der Waals surface area contributed by atoms with Gasteiger partial charge in [-0.05, 0) is 88.4 Å². The number of allylic oxidation sites excluding steroid dienone is 2. The average Bonchev–Trinajstić information content (AvgIpc) is 2.41. The smallest absolute Gasteiger partial charge is 0.0210 e. The summed E-state index contributed by atoms with van der Waals surface area (Å²) in [6.07, 6.45) is 18.9. The van der Waals surface area contributed by atoms with Crippen LogP contribution in [0.3, 0.4) is 0 Å². The molecule has 2 fully saturated rings. The van der Waals surface area contributed by atoms with Gasteiger partial charge in [0.2, 0.25) is 0 Å². The summed E-state index contributed by atoms with van der Waals surface area (Å²) in [4.78, 5) is 0. The summed E-state index contributed by atoms with van der Waals surface area (Å²) in [5.41, 5.74) is 0. The lowest BCUT2D eigenvalue weighted by Gasteiger charge is -2.36. The van der Waals surface area contributed by atoms with Gasteiger partial charge in [0, 0.05) is 0 Å².